The number of aliphatic imine (C=N–C) groups is 1. The molecular weight excluding hydrogens is 282 g/mol. The number of hydrogen-bond acceptors (Lipinski definition) is 2. The number of ketones is 1. The number of carbonyl (C=O) groups excluding carboxylic acids is 1. The van der Waals surface area contributed by atoms with Gasteiger partial charge in [-0.25, -0.2) is 0 Å². The number of rotatable bonds is 2. The Bertz CT molecular complexity index is 901. The topological polar surface area (TPSA) is 29.4 Å². The molecule has 1 aliphatic carbocycles. The summed E-state index contributed by atoms with van der Waals surface area (Å²) in [6, 6.07) is 16.5. The molecule has 0 saturated carbocycles. The minimum Gasteiger partial charge on any atom is -0.295 e. The van der Waals surface area contributed by atoms with Crippen molar-refractivity contribution < 1.29 is 4.79 Å². The lowest BCUT2D eigenvalue weighted by Gasteiger charge is -2.09. The van der Waals surface area contributed by atoms with E-state index in [9.17, 15) is 4.79 Å². The number of allylic oxidation sites excluding steroid dienone is 2. The van der Waals surface area contributed by atoms with Gasteiger partial charge in [0.05, 0.1) is 5.70 Å². The number of nitrogens with zero attached hydrogens (tertiary/aromatic N) is 1. The van der Waals surface area contributed by atoms with Crippen LogP contribution in [0, 0.1) is 0 Å². The normalized spacial score (nSPS) is 18.5. The highest BCUT2D eigenvalue weighted by Crippen LogP contribution is 2.45. The summed E-state index contributed by atoms with van der Waals surface area (Å²) in [5.74, 6) is 0.219. The molecule has 0 saturated heterocycles. The van der Waals surface area contributed by atoms with Crippen molar-refractivity contribution in [2.75, 3.05) is 0 Å². The van der Waals surface area contributed by atoms with Crippen LogP contribution in [-0.4, -0.2) is 12.0 Å². The minimum absolute atomic E-state index is 0.106. The second kappa shape index (κ2) is 5.17. The average molecular weight is 299 g/mol. The van der Waals surface area contributed by atoms with Gasteiger partial charge in [-0.2, -0.15) is 0 Å². The fraction of sp³-hybridized carbons (Fsp3) is 0.143. The summed E-state index contributed by atoms with van der Waals surface area (Å²) in [5, 5.41) is 0. The van der Waals surface area contributed by atoms with Crippen LogP contribution in [-0.2, 0) is 4.79 Å². The van der Waals surface area contributed by atoms with Crippen LogP contribution >= 0.6 is 0 Å². The lowest BCUT2D eigenvalue weighted by Crippen LogP contribution is -2.02. The highest BCUT2D eigenvalue weighted by atomic mass is 16.1. The number of Topliss-reactive ketones (excluding diaryl/α,β-unsaturated/α-hetero) is 1. The summed E-state index contributed by atoms with van der Waals surface area (Å²) < 4.78 is 0. The molecule has 1 unspecified atom stereocenters. The third-order valence-electron chi connectivity index (χ3n) is 4.65. The molecule has 2 heteroatoms. The van der Waals surface area contributed by atoms with E-state index in [1.807, 2.05) is 24.4 Å². The Morgan fingerprint density at radius 3 is 2.57 bits per heavy atom. The Hall–Kier alpha value is -2.74. The third kappa shape index (κ3) is 2.10. The zero-order chi connectivity index (χ0) is 16.0. The fourth-order valence-electron chi connectivity index (χ4n) is 3.57. The Kier molecular flexibility index (Phi) is 3.12. The van der Waals surface area contributed by atoms with Crippen LogP contribution in [0.4, 0.5) is 0 Å². The van der Waals surface area contributed by atoms with Crippen LogP contribution in [0.3, 0.4) is 0 Å². The molecule has 0 N–H and O–H groups in total. The van der Waals surface area contributed by atoms with Gasteiger partial charge in [-0.05, 0) is 29.7 Å². The van der Waals surface area contributed by atoms with Gasteiger partial charge in [0, 0.05) is 28.8 Å². The zero-order valence-electron chi connectivity index (χ0n) is 13.2. The average Bonchev–Trinajstić information content (AvgIpc) is 2.73. The van der Waals surface area contributed by atoms with Gasteiger partial charge in [0.1, 0.15) is 0 Å². The Morgan fingerprint density at radius 1 is 1.04 bits per heavy atom. The van der Waals surface area contributed by atoms with Gasteiger partial charge in [0.25, 0.3) is 0 Å². The first-order valence-corrected chi connectivity index (χ1v) is 7.86. The molecule has 0 fully saturated rings. The van der Waals surface area contributed by atoms with Gasteiger partial charge in [0.15, 0.2) is 5.78 Å². The minimum atomic E-state index is 0.106. The quantitative estimate of drug-likeness (QED) is 0.788. The molecular formula is C21H17NO. The van der Waals surface area contributed by atoms with Crippen molar-refractivity contribution in [2.45, 2.75) is 19.8 Å². The van der Waals surface area contributed by atoms with Gasteiger partial charge in [0.2, 0.25) is 0 Å². The molecule has 0 amide bonds. The first-order chi connectivity index (χ1) is 11.2. The van der Waals surface area contributed by atoms with Crippen LogP contribution < -0.4 is 0 Å². The number of carbonyl (C=O) groups is 1. The maximum Gasteiger partial charge on any atom is 0.158 e. The summed E-state index contributed by atoms with van der Waals surface area (Å²) in [5.41, 5.74) is 7.32. The predicted octanol–water partition coefficient (Wildman–Crippen LogP) is 4.73. The standard InChI is InChI=1S/C21H17NO/c1-13-18-10-6-9-16-11-17(15-7-4-3-5-8-15)12-22-21(20(16)18)19(13)14(2)23/h3-13H,1-2H3. The molecule has 0 aromatic heterocycles. The predicted molar refractivity (Wildman–Crippen MR) is 95.3 cm³/mol. The van der Waals surface area contributed by atoms with Crippen molar-refractivity contribution in [2.24, 2.45) is 4.99 Å². The molecule has 2 aromatic carbocycles. The van der Waals surface area contributed by atoms with E-state index in [-0.39, 0.29) is 11.7 Å². The van der Waals surface area contributed by atoms with Gasteiger partial charge in [-0.15, -0.1) is 0 Å². The van der Waals surface area contributed by atoms with E-state index in [4.69, 9.17) is 4.99 Å². The van der Waals surface area contributed by atoms with Crippen molar-refractivity contribution in [3.63, 3.8) is 0 Å². The maximum absolute atomic E-state index is 12.1. The Labute approximate surface area is 135 Å². The van der Waals surface area contributed by atoms with Crippen molar-refractivity contribution in [3.8, 4) is 0 Å². The van der Waals surface area contributed by atoms with Gasteiger partial charge >= 0.3 is 0 Å². The van der Waals surface area contributed by atoms with E-state index in [1.165, 1.54) is 5.56 Å². The van der Waals surface area contributed by atoms with Gasteiger partial charge in [-0.3, -0.25) is 9.79 Å². The second-order valence-corrected chi connectivity index (χ2v) is 6.08. The summed E-state index contributed by atoms with van der Waals surface area (Å²) in [6.07, 6.45) is 4.05. The number of benzene rings is 2. The summed E-state index contributed by atoms with van der Waals surface area (Å²) in [6.45, 7) is 3.72. The number of hydrogen-bond donors (Lipinski definition) is 0. The van der Waals surface area contributed by atoms with E-state index in [1.54, 1.807) is 6.92 Å². The first kappa shape index (κ1) is 13.9. The van der Waals surface area contributed by atoms with Crippen LogP contribution in [0.1, 0.15) is 42.0 Å². The van der Waals surface area contributed by atoms with Gasteiger partial charge in [-0.1, -0.05) is 55.5 Å². The monoisotopic (exact) mass is 299 g/mol. The van der Waals surface area contributed by atoms with E-state index < -0.39 is 0 Å². The molecule has 23 heavy (non-hydrogen) atoms. The zero-order valence-corrected chi connectivity index (χ0v) is 13.2. The smallest absolute Gasteiger partial charge is 0.158 e. The highest BCUT2D eigenvalue weighted by Gasteiger charge is 2.32. The van der Waals surface area contributed by atoms with E-state index in [0.717, 1.165) is 33.5 Å². The van der Waals surface area contributed by atoms with E-state index in [2.05, 4.69) is 43.3 Å². The molecule has 1 heterocycles. The largest absolute Gasteiger partial charge is 0.295 e. The van der Waals surface area contributed by atoms with Gasteiger partial charge < -0.3 is 0 Å². The summed E-state index contributed by atoms with van der Waals surface area (Å²) >= 11 is 0. The molecule has 112 valence electrons. The van der Waals surface area contributed by atoms with Crippen LogP contribution in [0.2, 0.25) is 0 Å². The molecule has 2 nitrogen and oxygen atoms in total. The first-order valence-electron chi connectivity index (χ1n) is 7.86. The molecule has 0 spiro atoms. The van der Waals surface area contributed by atoms with Crippen molar-refractivity contribution in [1.82, 2.24) is 0 Å². The molecule has 2 aromatic rings. The van der Waals surface area contributed by atoms with Crippen LogP contribution in [0.15, 0.2) is 59.1 Å². The summed E-state index contributed by atoms with van der Waals surface area (Å²) in [7, 11) is 0. The highest BCUT2D eigenvalue weighted by molar-refractivity contribution is 6.20. The second-order valence-electron chi connectivity index (χ2n) is 6.08. The lowest BCUT2D eigenvalue weighted by atomic mass is 9.94. The fourth-order valence-corrected chi connectivity index (χ4v) is 3.57. The van der Waals surface area contributed by atoms with Crippen LogP contribution in [0.25, 0.3) is 17.3 Å². The molecule has 1 atom stereocenters. The Balaban J connectivity index is 1.98. The van der Waals surface area contributed by atoms with Crippen molar-refractivity contribution in [1.29, 1.82) is 0 Å². The molecule has 2 aliphatic rings. The molecule has 4 rings (SSSR count). The molecule has 0 bridgehead atoms. The van der Waals surface area contributed by atoms with E-state index >= 15 is 0 Å². The van der Waals surface area contributed by atoms with Crippen LogP contribution in [0.5, 0.6) is 0 Å². The molecule has 1 aliphatic heterocycles. The maximum atomic E-state index is 12.1. The van der Waals surface area contributed by atoms with Crippen molar-refractivity contribution in [3.05, 3.63) is 76.4 Å². The SMILES string of the molecule is CC(=O)C1=C2N=CC(c3ccccc3)=Cc3cccc(c32)C1C. The van der Waals surface area contributed by atoms with E-state index in [0.29, 0.717) is 0 Å². The third-order valence-corrected chi connectivity index (χ3v) is 4.65. The van der Waals surface area contributed by atoms with Crippen molar-refractivity contribution >= 4 is 29.3 Å². The lowest BCUT2D eigenvalue weighted by molar-refractivity contribution is -0.113. The molecule has 0 radical (unpaired) electrons. The Morgan fingerprint density at radius 2 is 1.83 bits per heavy atom. The summed E-state index contributed by atoms with van der Waals surface area (Å²) in [4.78, 5) is 16.9.